The Morgan fingerprint density at radius 3 is 2.93 bits per heavy atom. The number of nitrogens with zero attached hydrogens (tertiary/aromatic N) is 2. The van der Waals surface area contributed by atoms with Gasteiger partial charge in [-0.15, -0.1) is 24.8 Å². The number of amides is 1. The topological polar surface area (TPSA) is 59.0 Å². The molecule has 27 heavy (non-hydrogen) atoms. The summed E-state index contributed by atoms with van der Waals surface area (Å²) in [6.45, 7) is 6.84. The highest BCUT2D eigenvalue weighted by atomic mass is 35.5. The van der Waals surface area contributed by atoms with Gasteiger partial charge in [-0.05, 0) is 51.3 Å². The highest BCUT2D eigenvalue weighted by Crippen LogP contribution is 2.44. The van der Waals surface area contributed by atoms with Crippen molar-refractivity contribution in [2.24, 2.45) is 11.3 Å². The first-order valence-electron chi connectivity index (χ1n) is 9.62. The second-order valence-corrected chi connectivity index (χ2v) is 7.63. The van der Waals surface area contributed by atoms with E-state index in [4.69, 9.17) is 4.98 Å². The Labute approximate surface area is 173 Å². The van der Waals surface area contributed by atoms with E-state index in [9.17, 15) is 4.79 Å². The van der Waals surface area contributed by atoms with Crippen LogP contribution in [0.4, 0.5) is 0 Å². The molecule has 3 atom stereocenters. The van der Waals surface area contributed by atoms with E-state index in [1.54, 1.807) is 0 Å². The predicted molar refractivity (Wildman–Crippen MR) is 114 cm³/mol. The van der Waals surface area contributed by atoms with Crippen LogP contribution in [0.3, 0.4) is 0 Å². The van der Waals surface area contributed by atoms with Gasteiger partial charge in [0.15, 0.2) is 0 Å². The first-order valence-corrected chi connectivity index (χ1v) is 9.62. The quantitative estimate of drug-likeness (QED) is 0.801. The van der Waals surface area contributed by atoms with E-state index < -0.39 is 0 Å². The number of carbonyl (C=O) groups is 1. The Bertz CT molecular complexity index is 793. The van der Waals surface area contributed by atoms with Crippen molar-refractivity contribution in [1.29, 1.82) is 0 Å². The molecule has 2 N–H and O–H groups in total. The average molecular weight is 413 g/mol. The van der Waals surface area contributed by atoms with E-state index in [1.807, 2.05) is 18.2 Å². The van der Waals surface area contributed by atoms with Crippen molar-refractivity contribution >= 4 is 41.8 Å². The Hall–Kier alpha value is -1.30. The zero-order chi connectivity index (χ0) is 17.4. The van der Waals surface area contributed by atoms with E-state index in [-0.39, 0.29) is 42.2 Å². The summed E-state index contributed by atoms with van der Waals surface area (Å²) in [7, 11) is 0. The Morgan fingerprint density at radius 2 is 2.15 bits per heavy atom. The van der Waals surface area contributed by atoms with Gasteiger partial charge in [0, 0.05) is 13.1 Å². The van der Waals surface area contributed by atoms with Crippen LogP contribution in [-0.4, -0.2) is 28.5 Å². The van der Waals surface area contributed by atoms with Gasteiger partial charge >= 0.3 is 0 Å². The molecule has 0 spiro atoms. The summed E-state index contributed by atoms with van der Waals surface area (Å²) < 4.78 is 2.21. The third-order valence-electron chi connectivity index (χ3n) is 6.23. The number of halogens is 2. The minimum absolute atomic E-state index is 0. The van der Waals surface area contributed by atoms with E-state index >= 15 is 0 Å². The van der Waals surface area contributed by atoms with Crippen molar-refractivity contribution < 1.29 is 4.79 Å². The third kappa shape index (κ3) is 3.69. The second-order valence-electron chi connectivity index (χ2n) is 7.63. The molecule has 5 nitrogen and oxygen atoms in total. The summed E-state index contributed by atoms with van der Waals surface area (Å²) in [4.78, 5) is 18.0. The number of nitrogens with one attached hydrogen (secondary N) is 2. The standard InChI is InChI=1S/C20H28N4O.2ClH/c1-3-24-17-10-5-4-9-16(17)23-18(24)14(2)22-19(25)20-11-7-6-8-15(20)12-21-13-20;;/h4-5,9-10,14-15,21H,3,6-8,11-13H2,1-2H3,(H,22,25);2*1H/t14?,15-,20+;;/m0../s1. The molecule has 1 saturated heterocycles. The smallest absolute Gasteiger partial charge is 0.228 e. The van der Waals surface area contributed by atoms with Crippen LogP contribution in [0, 0.1) is 11.3 Å². The molecule has 1 saturated carbocycles. The van der Waals surface area contributed by atoms with Crippen molar-refractivity contribution in [3.8, 4) is 0 Å². The number of hydrogen-bond donors (Lipinski definition) is 2. The molecule has 2 fully saturated rings. The van der Waals surface area contributed by atoms with Crippen LogP contribution in [0.5, 0.6) is 0 Å². The molecule has 1 aliphatic heterocycles. The van der Waals surface area contributed by atoms with Crippen LogP contribution in [0.1, 0.15) is 51.4 Å². The lowest BCUT2D eigenvalue weighted by molar-refractivity contribution is -0.134. The lowest BCUT2D eigenvalue weighted by Crippen LogP contribution is -2.48. The molecule has 150 valence electrons. The molecule has 2 aliphatic rings. The predicted octanol–water partition coefficient (Wildman–Crippen LogP) is 3.86. The monoisotopic (exact) mass is 412 g/mol. The molecule has 0 bridgehead atoms. The summed E-state index contributed by atoms with van der Waals surface area (Å²) in [6.07, 6.45) is 4.59. The molecular weight excluding hydrogens is 383 g/mol. The van der Waals surface area contributed by atoms with Crippen molar-refractivity contribution in [3.05, 3.63) is 30.1 Å². The molecule has 4 rings (SSSR count). The van der Waals surface area contributed by atoms with Gasteiger partial charge in [-0.2, -0.15) is 0 Å². The summed E-state index contributed by atoms with van der Waals surface area (Å²) in [5.41, 5.74) is 1.92. The highest BCUT2D eigenvalue weighted by molar-refractivity contribution is 5.86. The number of aryl methyl sites for hydroxylation is 1. The maximum absolute atomic E-state index is 13.2. The fourth-order valence-electron chi connectivity index (χ4n) is 4.85. The van der Waals surface area contributed by atoms with Gasteiger partial charge in [-0.1, -0.05) is 25.0 Å². The number of fused-ring (bicyclic) bond motifs is 2. The maximum Gasteiger partial charge on any atom is 0.228 e. The lowest BCUT2D eigenvalue weighted by Gasteiger charge is -2.37. The van der Waals surface area contributed by atoms with Crippen LogP contribution in [0.15, 0.2) is 24.3 Å². The fourth-order valence-corrected chi connectivity index (χ4v) is 4.85. The molecule has 7 heteroatoms. The zero-order valence-corrected chi connectivity index (χ0v) is 17.7. The van der Waals surface area contributed by atoms with Crippen molar-refractivity contribution in [3.63, 3.8) is 0 Å². The van der Waals surface area contributed by atoms with E-state index in [0.717, 1.165) is 49.3 Å². The number of imidazole rings is 1. The number of aromatic nitrogens is 2. The van der Waals surface area contributed by atoms with Crippen LogP contribution < -0.4 is 10.6 Å². The maximum atomic E-state index is 13.2. The van der Waals surface area contributed by atoms with E-state index in [2.05, 4.69) is 35.1 Å². The number of rotatable bonds is 4. The van der Waals surface area contributed by atoms with Crippen molar-refractivity contribution in [1.82, 2.24) is 20.2 Å². The molecule has 0 radical (unpaired) electrons. The minimum atomic E-state index is -0.213. The second kappa shape index (κ2) is 8.80. The Kier molecular flexibility index (Phi) is 7.17. The number of para-hydroxylation sites is 2. The van der Waals surface area contributed by atoms with Crippen molar-refractivity contribution in [2.75, 3.05) is 13.1 Å². The first kappa shape index (κ1) is 22.0. The van der Waals surface area contributed by atoms with Crippen molar-refractivity contribution in [2.45, 2.75) is 52.1 Å². The zero-order valence-electron chi connectivity index (χ0n) is 16.0. The number of hydrogen-bond acceptors (Lipinski definition) is 3. The molecule has 2 aromatic rings. The summed E-state index contributed by atoms with van der Waals surface area (Å²) in [5.74, 6) is 1.65. The summed E-state index contributed by atoms with van der Waals surface area (Å²) in [5, 5.41) is 6.76. The van der Waals surface area contributed by atoms with Gasteiger partial charge in [-0.25, -0.2) is 4.98 Å². The molecule has 2 heterocycles. The molecular formula is C20H30Cl2N4O. The molecule has 1 aliphatic carbocycles. The highest BCUT2D eigenvalue weighted by Gasteiger charge is 2.50. The third-order valence-corrected chi connectivity index (χ3v) is 6.23. The summed E-state index contributed by atoms with van der Waals surface area (Å²) >= 11 is 0. The fraction of sp³-hybridized carbons (Fsp3) is 0.600. The molecule has 1 amide bonds. The average Bonchev–Trinajstić information content (AvgIpc) is 3.23. The molecule has 1 unspecified atom stereocenters. The molecule has 1 aromatic heterocycles. The SMILES string of the molecule is CCn1c(C(C)NC(=O)[C@@]23CCCC[C@H]2CNC3)nc2ccccc21.Cl.Cl. The van der Waals surface area contributed by atoms with E-state index in [1.165, 1.54) is 12.8 Å². The normalized spacial score (nSPS) is 25.2. The van der Waals surface area contributed by atoms with Gasteiger partial charge in [0.05, 0.1) is 22.5 Å². The Morgan fingerprint density at radius 1 is 1.37 bits per heavy atom. The van der Waals surface area contributed by atoms with Gasteiger partial charge in [0.25, 0.3) is 0 Å². The molecule has 1 aromatic carbocycles. The van der Waals surface area contributed by atoms with Gasteiger partial charge in [-0.3, -0.25) is 4.79 Å². The number of benzene rings is 1. The van der Waals surface area contributed by atoms with Gasteiger partial charge in [0.1, 0.15) is 5.82 Å². The van der Waals surface area contributed by atoms with E-state index in [0.29, 0.717) is 5.92 Å². The van der Waals surface area contributed by atoms with Crippen LogP contribution >= 0.6 is 24.8 Å². The van der Waals surface area contributed by atoms with Crippen LogP contribution in [0.25, 0.3) is 11.0 Å². The largest absolute Gasteiger partial charge is 0.346 e. The lowest BCUT2D eigenvalue weighted by atomic mass is 9.67. The van der Waals surface area contributed by atoms with Gasteiger partial charge in [0.2, 0.25) is 5.91 Å². The number of carbonyl (C=O) groups excluding carboxylic acids is 1. The van der Waals surface area contributed by atoms with Crippen LogP contribution in [-0.2, 0) is 11.3 Å². The Balaban J connectivity index is 0.00000131. The van der Waals surface area contributed by atoms with Crippen LogP contribution in [0.2, 0.25) is 0 Å². The van der Waals surface area contributed by atoms with Gasteiger partial charge < -0.3 is 15.2 Å². The first-order chi connectivity index (χ1) is 12.2. The minimum Gasteiger partial charge on any atom is -0.346 e. The summed E-state index contributed by atoms with van der Waals surface area (Å²) in [6, 6.07) is 8.10.